The van der Waals surface area contributed by atoms with Crippen molar-refractivity contribution < 1.29 is 18.7 Å². The molecule has 0 saturated carbocycles. The van der Waals surface area contributed by atoms with Gasteiger partial charge in [-0.1, -0.05) is 24.3 Å². The molecule has 0 aliphatic rings. The summed E-state index contributed by atoms with van der Waals surface area (Å²) in [6.07, 6.45) is 1.43. The minimum atomic E-state index is -0.604. The van der Waals surface area contributed by atoms with Crippen LogP contribution in [0.5, 0.6) is 5.75 Å². The van der Waals surface area contributed by atoms with Gasteiger partial charge in [0.25, 0.3) is 11.8 Å². The van der Waals surface area contributed by atoms with Crippen molar-refractivity contribution in [2.75, 3.05) is 17.2 Å². The number of carbonyl (C=O) groups excluding carboxylic acids is 2. The number of aryl methyl sites for hydroxylation is 1. The molecule has 33 heavy (non-hydrogen) atoms. The fourth-order valence-electron chi connectivity index (χ4n) is 2.93. The Hall–Kier alpha value is -4.44. The van der Waals surface area contributed by atoms with Gasteiger partial charge in [0.2, 0.25) is 0 Å². The molecular formula is C26H22FN3O3. The van der Waals surface area contributed by atoms with Crippen LogP contribution in [0.2, 0.25) is 0 Å². The van der Waals surface area contributed by atoms with Crippen LogP contribution in [0.1, 0.15) is 16.7 Å². The number of nitrogens with zero attached hydrogens (tertiary/aromatic N) is 1. The Morgan fingerprint density at radius 1 is 1.00 bits per heavy atom. The van der Waals surface area contributed by atoms with Crippen molar-refractivity contribution in [1.82, 2.24) is 0 Å². The summed E-state index contributed by atoms with van der Waals surface area (Å²) in [5.74, 6) is -0.837. The quantitative estimate of drug-likeness (QED) is 0.397. The molecule has 0 aromatic heterocycles. The number of amides is 2. The predicted octanol–water partition coefficient (Wildman–Crippen LogP) is 5.01. The van der Waals surface area contributed by atoms with Crippen LogP contribution in [0.25, 0.3) is 6.08 Å². The van der Waals surface area contributed by atoms with Crippen molar-refractivity contribution in [3.8, 4) is 11.8 Å². The van der Waals surface area contributed by atoms with E-state index in [4.69, 9.17) is 4.74 Å². The van der Waals surface area contributed by atoms with Crippen LogP contribution in [-0.2, 0) is 9.59 Å². The van der Waals surface area contributed by atoms with Crippen molar-refractivity contribution in [2.24, 2.45) is 0 Å². The smallest absolute Gasteiger partial charge is 0.266 e. The first-order valence-corrected chi connectivity index (χ1v) is 10.1. The molecule has 0 atom stereocenters. The van der Waals surface area contributed by atoms with Gasteiger partial charge in [0.05, 0.1) is 0 Å². The van der Waals surface area contributed by atoms with E-state index < -0.39 is 11.7 Å². The lowest BCUT2D eigenvalue weighted by atomic mass is 10.1. The molecule has 6 nitrogen and oxygen atoms in total. The molecule has 3 rings (SSSR count). The third-order valence-electron chi connectivity index (χ3n) is 4.91. The second kappa shape index (κ2) is 10.7. The van der Waals surface area contributed by atoms with Crippen LogP contribution in [0.3, 0.4) is 0 Å². The second-order valence-electron chi connectivity index (χ2n) is 7.28. The van der Waals surface area contributed by atoms with Gasteiger partial charge in [-0.3, -0.25) is 9.59 Å². The summed E-state index contributed by atoms with van der Waals surface area (Å²) < 4.78 is 18.5. The Morgan fingerprint density at radius 2 is 1.70 bits per heavy atom. The summed E-state index contributed by atoms with van der Waals surface area (Å²) in [5.41, 5.74) is 3.70. The van der Waals surface area contributed by atoms with Gasteiger partial charge < -0.3 is 15.4 Å². The average molecular weight is 443 g/mol. The molecule has 3 aromatic carbocycles. The number of anilines is 2. The summed E-state index contributed by atoms with van der Waals surface area (Å²) in [6.45, 7) is 3.75. The van der Waals surface area contributed by atoms with Gasteiger partial charge in [0.1, 0.15) is 23.2 Å². The molecule has 3 aromatic rings. The van der Waals surface area contributed by atoms with Crippen LogP contribution in [0, 0.1) is 31.0 Å². The molecule has 0 radical (unpaired) electrons. The zero-order valence-corrected chi connectivity index (χ0v) is 18.2. The molecule has 7 heteroatoms. The van der Waals surface area contributed by atoms with Crippen LogP contribution < -0.4 is 15.4 Å². The third kappa shape index (κ3) is 6.52. The number of carbonyl (C=O) groups is 2. The van der Waals surface area contributed by atoms with Gasteiger partial charge in [-0.05, 0) is 79.1 Å². The predicted molar refractivity (Wildman–Crippen MR) is 125 cm³/mol. The molecule has 2 N–H and O–H groups in total. The van der Waals surface area contributed by atoms with Gasteiger partial charge in [-0.15, -0.1) is 0 Å². The van der Waals surface area contributed by atoms with E-state index in [1.54, 1.807) is 24.3 Å². The van der Waals surface area contributed by atoms with Crippen molar-refractivity contribution in [3.63, 3.8) is 0 Å². The lowest BCUT2D eigenvalue weighted by Gasteiger charge is -2.11. The largest absolute Gasteiger partial charge is 0.484 e. The minimum absolute atomic E-state index is 0.110. The first-order chi connectivity index (χ1) is 15.9. The monoisotopic (exact) mass is 443 g/mol. The maximum atomic E-state index is 13.0. The summed E-state index contributed by atoms with van der Waals surface area (Å²) in [5, 5.41) is 14.7. The molecule has 0 bridgehead atoms. The first-order valence-electron chi connectivity index (χ1n) is 10.1. The topological polar surface area (TPSA) is 91.2 Å². The second-order valence-corrected chi connectivity index (χ2v) is 7.28. The van der Waals surface area contributed by atoms with Gasteiger partial charge in [-0.25, -0.2) is 4.39 Å². The van der Waals surface area contributed by atoms with E-state index in [0.717, 1.165) is 16.8 Å². The Labute approximate surface area is 191 Å². The van der Waals surface area contributed by atoms with Crippen molar-refractivity contribution in [3.05, 3.63) is 94.8 Å². The molecule has 0 heterocycles. The summed E-state index contributed by atoms with van der Waals surface area (Å²) in [6, 6.07) is 19.4. The molecular weight excluding hydrogens is 421 g/mol. The molecule has 0 aliphatic carbocycles. The summed E-state index contributed by atoms with van der Waals surface area (Å²) >= 11 is 0. The molecule has 0 fully saturated rings. The number of halogens is 1. The SMILES string of the molecule is Cc1cccc(NC(=O)COc2ccc(/C=C(\C#N)C(=O)Nc3ccc(F)cc3)cc2)c1C. The van der Waals surface area contributed by atoms with Gasteiger partial charge in [0, 0.05) is 11.4 Å². The van der Waals surface area contributed by atoms with Crippen molar-refractivity contribution >= 4 is 29.3 Å². The van der Waals surface area contributed by atoms with Crippen LogP contribution in [0.4, 0.5) is 15.8 Å². The number of ether oxygens (including phenoxy) is 1. The van der Waals surface area contributed by atoms with E-state index in [-0.39, 0.29) is 18.1 Å². The zero-order chi connectivity index (χ0) is 23.8. The van der Waals surface area contributed by atoms with Gasteiger partial charge in [0.15, 0.2) is 6.61 Å². The number of benzene rings is 3. The Bertz CT molecular complexity index is 1230. The van der Waals surface area contributed by atoms with E-state index in [0.29, 0.717) is 17.0 Å². The van der Waals surface area contributed by atoms with Crippen LogP contribution in [-0.4, -0.2) is 18.4 Å². The zero-order valence-electron chi connectivity index (χ0n) is 18.2. The standard InChI is InChI=1S/C26H22FN3O3/c1-17-4-3-5-24(18(17)2)30-25(31)16-33-23-12-6-19(7-13-23)14-20(15-28)26(32)29-22-10-8-21(27)9-11-22/h3-14H,16H2,1-2H3,(H,29,32)(H,30,31)/b20-14+. The molecule has 0 unspecified atom stereocenters. The van der Waals surface area contributed by atoms with E-state index >= 15 is 0 Å². The summed E-state index contributed by atoms with van der Waals surface area (Å²) in [7, 11) is 0. The van der Waals surface area contributed by atoms with E-state index in [2.05, 4.69) is 10.6 Å². The highest BCUT2D eigenvalue weighted by atomic mass is 19.1. The Morgan fingerprint density at radius 3 is 2.36 bits per heavy atom. The Balaban J connectivity index is 1.58. The lowest BCUT2D eigenvalue weighted by molar-refractivity contribution is -0.118. The number of nitriles is 1. The minimum Gasteiger partial charge on any atom is -0.484 e. The molecule has 0 spiro atoms. The van der Waals surface area contributed by atoms with Gasteiger partial charge >= 0.3 is 0 Å². The third-order valence-corrected chi connectivity index (χ3v) is 4.91. The van der Waals surface area contributed by atoms with Crippen LogP contribution >= 0.6 is 0 Å². The van der Waals surface area contributed by atoms with E-state index in [9.17, 15) is 19.2 Å². The fraction of sp³-hybridized carbons (Fsp3) is 0.115. The van der Waals surface area contributed by atoms with E-state index in [1.807, 2.05) is 38.1 Å². The maximum absolute atomic E-state index is 13.0. The molecule has 166 valence electrons. The highest BCUT2D eigenvalue weighted by Crippen LogP contribution is 2.19. The average Bonchev–Trinajstić information content (AvgIpc) is 2.81. The number of nitrogens with one attached hydrogen (secondary N) is 2. The Kier molecular flexibility index (Phi) is 7.55. The number of rotatable bonds is 7. The van der Waals surface area contributed by atoms with Crippen molar-refractivity contribution in [1.29, 1.82) is 5.26 Å². The number of hydrogen-bond donors (Lipinski definition) is 2. The highest BCUT2D eigenvalue weighted by Gasteiger charge is 2.10. The number of hydrogen-bond acceptors (Lipinski definition) is 4. The fourth-order valence-corrected chi connectivity index (χ4v) is 2.93. The summed E-state index contributed by atoms with van der Waals surface area (Å²) in [4.78, 5) is 24.5. The lowest BCUT2D eigenvalue weighted by Crippen LogP contribution is -2.20. The maximum Gasteiger partial charge on any atom is 0.266 e. The van der Waals surface area contributed by atoms with Crippen molar-refractivity contribution in [2.45, 2.75) is 13.8 Å². The molecule has 2 amide bonds. The van der Waals surface area contributed by atoms with E-state index in [1.165, 1.54) is 30.3 Å². The molecule has 0 aliphatic heterocycles. The van der Waals surface area contributed by atoms with Gasteiger partial charge in [-0.2, -0.15) is 5.26 Å². The highest BCUT2D eigenvalue weighted by molar-refractivity contribution is 6.09. The normalized spacial score (nSPS) is 10.8. The first kappa shape index (κ1) is 23.2. The molecule has 0 saturated heterocycles. The van der Waals surface area contributed by atoms with Crippen LogP contribution in [0.15, 0.2) is 72.3 Å².